The number of aromatic nitrogens is 4. The molecule has 0 saturated carbocycles. The highest BCUT2D eigenvalue weighted by Gasteiger charge is 2.21. The number of hydrogen-bond acceptors (Lipinski definition) is 6. The minimum atomic E-state index is 0.657. The maximum absolute atomic E-state index is 5.14. The molecule has 5 heterocycles. The van der Waals surface area contributed by atoms with Crippen LogP contribution in [0.5, 0.6) is 0 Å². The Morgan fingerprint density at radius 3 is 1.58 bits per heavy atom. The van der Waals surface area contributed by atoms with Crippen LogP contribution in [0.15, 0.2) is 194 Å². The molecule has 4 nitrogen and oxygen atoms in total. The Morgan fingerprint density at radius 2 is 0.828 bits per heavy atom. The standard InChI is InChI=1S/C57H32N4S3/c1-3-13-33(14-4-1)55-58-56(34-15-5-2-6-16-34)60-57(59-55)41-21-11-19-39-40-20-12-23-48(54(40)64-53(39)41)61-46-22-9-7-17-37(46)42-29-35(25-27-47(42)61)36-26-28-50-43(30-36)45-32-51-44(31-52(45)63-50)38-18-8-10-24-49(38)62-51/h1-32H. The van der Waals surface area contributed by atoms with Crippen LogP contribution in [0, 0.1) is 0 Å². The lowest BCUT2D eigenvalue weighted by molar-refractivity contribution is 1.08. The Kier molecular flexibility index (Phi) is 7.86. The molecule has 0 radical (unpaired) electrons. The van der Waals surface area contributed by atoms with Crippen LogP contribution in [0.25, 0.3) is 133 Å². The predicted octanol–water partition coefficient (Wildman–Crippen LogP) is 16.7. The molecule has 298 valence electrons. The van der Waals surface area contributed by atoms with E-state index in [1.54, 1.807) is 0 Å². The molecule has 0 unspecified atom stereocenters. The molecule has 14 rings (SSSR count). The van der Waals surface area contributed by atoms with Crippen molar-refractivity contribution < 1.29 is 0 Å². The highest BCUT2D eigenvalue weighted by Crippen LogP contribution is 2.46. The first kappa shape index (κ1) is 36.0. The third kappa shape index (κ3) is 5.48. The third-order valence-corrected chi connectivity index (χ3v) is 16.2. The van der Waals surface area contributed by atoms with Crippen LogP contribution >= 0.6 is 34.0 Å². The molecule has 0 saturated heterocycles. The fraction of sp³-hybridized carbons (Fsp3) is 0. The molecular formula is C57H32N4S3. The van der Waals surface area contributed by atoms with Gasteiger partial charge in [0.1, 0.15) is 0 Å². The zero-order valence-electron chi connectivity index (χ0n) is 34.0. The predicted molar refractivity (Wildman–Crippen MR) is 275 cm³/mol. The summed E-state index contributed by atoms with van der Waals surface area (Å²) in [5.41, 5.74) is 8.88. The van der Waals surface area contributed by atoms with Gasteiger partial charge in [0, 0.05) is 83.3 Å². The van der Waals surface area contributed by atoms with E-state index in [4.69, 9.17) is 15.0 Å². The number of hydrogen-bond donors (Lipinski definition) is 0. The van der Waals surface area contributed by atoms with E-state index >= 15 is 0 Å². The normalized spacial score (nSPS) is 12.1. The molecule has 5 aromatic heterocycles. The van der Waals surface area contributed by atoms with E-state index in [-0.39, 0.29) is 0 Å². The second kappa shape index (κ2) is 14.0. The molecule has 0 fully saturated rings. The average molecular weight is 869 g/mol. The summed E-state index contributed by atoms with van der Waals surface area (Å²) >= 11 is 5.59. The largest absolute Gasteiger partial charge is 0.308 e. The van der Waals surface area contributed by atoms with Crippen LogP contribution in [0.3, 0.4) is 0 Å². The number of fused-ring (bicyclic) bond motifs is 12. The maximum Gasteiger partial charge on any atom is 0.165 e. The van der Waals surface area contributed by atoms with Gasteiger partial charge in [-0.3, -0.25) is 0 Å². The Hall–Kier alpha value is -7.55. The van der Waals surface area contributed by atoms with E-state index in [2.05, 4.69) is 162 Å². The molecule has 7 heteroatoms. The van der Waals surface area contributed by atoms with E-state index in [1.807, 2.05) is 70.4 Å². The van der Waals surface area contributed by atoms with Crippen molar-refractivity contribution in [3.05, 3.63) is 194 Å². The van der Waals surface area contributed by atoms with E-state index < -0.39 is 0 Å². The lowest BCUT2D eigenvalue weighted by atomic mass is 10.0. The fourth-order valence-electron chi connectivity index (χ4n) is 9.67. The van der Waals surface area contributed by atoms with Crippen molar-refractivity contribution in [3.63, 3.8) is 0 Å². The second-order valence-electron chi connectivity index (χ2n) is 16.3. The van der Waals surface area contributed by atoms with Gasteiger partial charge in [0.15, 0.2) is 17.5 Å². The van der Waals surface area contributed by atoms with E-state index in [0.717, 1.165) is 27.1 Å². The van der Waals surface area contributed by atoms with Crippen LogP contribution in [0.2, 0.25) is 0 Å². The van der Waals surface area contributed by atoms with Gasteiger partial charge in [-0.05, 0) is 71.8 Å². The molecule has 64 heavy (non-hydrogen) atoms. The number of para-hydroxylation sites is 1. The van der Waals surface area contributed by atoms with Crippen LogP contribution < -0.4 is 0 Å². The summed E-state index contributed by atoms with van der Waals surface area (Å²) in [6.45, 7) is 0. The summed E-state index contributed by atoms with van der Waals surface area (Å²) in [7, 11) is 0. The van der Waals surface area contributed by atoms with Crippen molar-refractivity contribution >= 4 is 116 Å². The molecular weight excluding hydrogens is 837 g/mol. The number of nitrogens with zero attached hydrogens (tertiary/aromatic N) is 4. The summed E-state index contributed by atoms with van der Waals surface area (Å²) in [6.07, 6.45) is 0. The van der Waals surface area contributed by atoms with Crippen molar-refractivity contribution in [2.75, 3.05) is 0 Å². The number of thiophene rings is 3. The van der Waals surface area contributed by atoms with Crippen LogP contribution in [-0.4, -0.2) is 19.5 Å². The summed E-state index contributed by atoms with van der Waals surface area (Å²) in [5.74, 6) is 1.98. The molecule has 14 aromatic rings. The smallest absolute Gasteiger partial charge is 0.165 e. The molecule has 0 bridgehead atoms. The third-order valence-electron chi connectivity index (χ3n) is 12.7. The van der Waals surface area contributed by atoms with E-state index in [0.29, 0.717) is 17.5 Å². The monoisotopic (exact) mass is 868 g/mol. The van der Waals surface area contributed by atoms with Gasteiger partial charge in [0.25, 0.3) is 0 Å². The Morgan fingerprint density at radius 1 is 0.297 bits per heavy atom. The molecule has 0 amide bonds. The Bertz CT molecular complexity index is 4140. The van der Waals surface area contributed by atoms with Crippen LogP contribution in [0.4, 0.5) is 0 Å². The fourth-order valence-corrected chi connectivity index (χ4v) is 13.2. The van der Waals surface area contributed by atoms with Crippen molar-refractivity contribution in [2.45, 2.75) is 0 Å². The highest BCUT2D eigenvalue weighted by atomic mass is 32.1. The lowest BCUT2D eigenvalue weighted by Crippen LogP contribution is -2.00. The Balaban J connectivity index is 0.926. The molecule has 0 spiro atoms. The average Bonchev–Trinajstić information content (AvgIpc) is 4.12. The topological polar surface area (TPSA) is 43.6 Å². The van der Waals surface area contributed by atoms with Crippen molar-refractivity contribution in [1.82, 2.24) is 19.5 Å². The quantitative estimate of drug-likeness (QED) is 0.173. The molecule has 9 aromatic carbocycles. The van der Waals surface area contributed by atoms with Crippen LogP contribution in [0.1, 0.15) is 0 Å². The minimum Gasteiger partial charge on any atom is -0.308 e. The van der Waals surface area contributed by atoms with Crippen molar-refractivity contribution in [1.29, 1.82) is 0 Å². The van der Waals surface area contributed by atoms with E-state index in [1.165, 1.54) is 88.7 Å². The van der Waals surface area contributed by atoms with E-state index in [9.17, 15) is 0 Å². The molecule has 0 N–H and O–H groups in total. The van der Waals surface area contributed by atoms with Gasteiger partial charge in [-0.25, -0.2) is 15.0 Å². The SMILES string of the molecule is c1ccc(-c2nc(-c3ccccc3)nc(-c3cccc4c3sc3c(-n5c6ccccc6c6cc(-c7ccc8sc9cc%10c(cc9c8c7)sc7ccccc7%10)ccc65)cccc34)n2)cc1. The zero-order valence-corrected chi connectivity index (χ0v) is 36.4. The molecule has 0 aliphatic heterocycles. The van der Waals surface area contributed by atoms with Gasteiger partial charge in [-0.15, -0.1) is 34.0 Å². The van der Waals surface area contributed by atoms with Gasteiger partial charge < -0.3 is 4.57 Å². The summed E-state index contributed by atoms with van der Waals surface area (Å²) in [5, 5.41) is 10.2. The first-order valence-corrected chi connectivity index (χ1v) is 23.8. The minimum absolute atomic E-state index is 0.657. The van der Waals surface area contributed by atoms with Gasteiger partial charge in [0.2, 0.25) is 0 Å². The first-order chi connectivity index (χ1) is 31.7. The van der Waals surface area contributed by atoms with Gasteiger partial charge in [-0.1, -0.05) is 133 Å². The first-order valence-electron chi connectivity index (χ1n) is 21.3. The van der Waals surface area contributed by atoms with Crippen molar-refractivity contribution in [3.8, 4) is 51.0 Å². The van der Waals surface area contributed by atoms with Gasteiger partial charge in [0.05, 0.1) is 21.4 Å². The second-order valence-corrected chi connectivity index (χ2v) is 19.5. The molecule has 0 atom stereocenters. The van der Waals surface area contributed by atoms with Gasteiger partial charge >= 0.3 is 0 Å². The highest BCUT2D eigenvalue weighted by molar-refractivity contribution is 7.27. The number of rotatable bonds is 5. The zero-order chi connectivity index (χ0) is 41.9. The maximum atomic E-state index is 5.14. The summed E-state index contributed by atoms with van der Waals surface area (Å²) in [4.78, 5) is 15.2. The summed E-state index contributed by atoms with van der Waals surface area (Å²) < 4.78 is 10.2. The lowest BCUT2D eigenvalue weighted by Gasteiger charge is -2.10. The van der Waals surface area contributed by atoms with Crippen molar-refractivity contribution in [2.24, 2.45) is 0 Å². The van der Waals surface area contributed by atoms with Crippen LogP contribution in [-0.2, 0) is 0 Å². The number of benzene rings is 9. The Labute approximate surface area is 378 Å². The molecule has 0 aliphatic carbocycles. The van der Waals surface area contributed by atoms with Gasteiger partial charge in [-0.2, -0.15) is 0 Å². The molecule has 0 aliphatic rings. The summed E-state index contributed by atoms with van der Waals surface area (Å²) in [6, 6.07) is 70.1.